The van der Waals surface area contributed by atoms with Crippen LogP contribution in [0.2, 0.25) is 0 Å². The number of nitrogens with zero attached hydrogens (tertiary/aromatic N) is 6. The van der Waals surface area contributed by atoms with Gasteiger partial charge in [0.25, 0.3) is 11.8 Å². The first-order valence-electron chi connectivity index (χ1n) is 18.2. The molecule has 51 heavy (non-hydrogen) atoms. The van der Waals surface area contributed by atoms with Gasteiger partial charge in [0, 0.05) is 49.4 Å². The molecule has 4 bridgehead atoms. The van der Waals surface area contributed by atoms with Crippen LogP contribution in [0.1, 0.15) is 86.1 Å². The van der Waals surface area contributed by atoms with Crippen LogP contribution >= 0.6 is 0 Å². The average Bonchev–Trinajstić information content (AvgIpc) is 3.84. The number of hydrogen-bond acceptors (Lipinski definition) is 7. The number of aromatic nitrogens is 5. The number of amides is 2. The number of rotatable bonds is 4. The number of piperidine rings is 1. The second-order valence-corrected chi connectivity index (χ2v) is 14.6. The van der Waals surface area contributed by atoms with Gasteiger partial charge < -0.3 is 29.8 Å². The molecule has 1 saturated carbocycles. The van der Waals surface area contributed by atoms with E-state index in [1.165, 1.54) is 6.20 Å². The zero-order valence-electron chi connectivity index (χ0n) is 29.4. The van der Waals surface area contributed by atoms with Gasteiger partial charge in [0.1, 0.15) is 16.9 Å². The first kappa shape index (κ1) is 33.3. The Kier molecular flexibility index (Phi) is 8.52. The van der Waals surface area contributed by atoms with Crippen LogP contribution in [0.3, 0.4) is 0 Å². The van der Waals surface area contributed by atoms with Crippen LogP contribution in [0, 0.1) is 5.92 Å². The number of fused-ring (bicyclic) bond motifs is 4. The molecule has 3 N–H and O–H groups in total. The quantitative estimate of drug-likeness (QED) is 0.238. The highest BCUT2D eigenvalue weighted by Gasteiger charge is 2.43. The van der Waals surface area contributed by atoms with E-state index in [1.807, 2.05) is 47.7 Å². The van der Waals surface area contributed by atoms with Gasteiger partial charge in [-0.2, -0.15) is 0 Å². The normalized spacial score (nSPS) is 25.7. The standard InChI is InChI=1S/C39H45FN8O3/c1-23-29-14-12-25-20-31(47(35(25)44-29)17-9-5-4-7-15-39(40,38(50)43-23)33-10-6-8-16-42-33)36-45-30-19-26(21-32(51-3)34(30)46(36)2)37(49)48-22-28(41)24-11-13-27(48)18-24/h6,8,10,12,14,16,19-21,23-24,27-28H,4-5,7,9,11,13,15,17-18,22,41H2,1-3H3,(H,43,50)/t23-,24-,27+,28+,39-/m1/s1. The number of carbonyl (C=O) groups excluding carboxylic acids is 2. The van der Waals surface area contributed by atoms with Crippen molar-refractivity contribution in [3.8, 4) is 17.3 Å². The van der Waals surface area contributed by atoms with Crippen molar-refractivity contribution in [1.82, 2.24) is 34.3 Å². The molecule has 8 rings (SSSR count). The number of carbonyl (C=O) groups is 2. The minimum atomic E-state index is -2.23. The third-order valence-corrected chi connectivity index (χ3v) is 11.4. The van der Waals surface area contributed by atoms with Crippen LogP contribution in [0.25, 0.3) is 33.6 Å². The Morgan fingerprint density at radius 2 is 1.92 bits per heavy atom. The van der Waals surface area contributed by atoms with E-state index < -0.39 is 17.6 Å². The minimum absolute atomic E-state index is 0.00162. The molecule has 266 valence electrons. The third kappa shape index (κ3) is 5.73. The van der Waals surface area contributed by atoms with Crippen LogP contribution < -0.4 is 15.8 Å². The van der Waals surface area contributed by atoms with Crippen molar-refractivity contribution >= 4 is 33.9 Å². The molecule has 4 aromatic heterocycles. The highest BCUT2D eigenvalue weighted by Crippen LogP contribution is 2.39. The summed E-state index contributed by atoms with van der Waals surface area (Å²) in [6.45, 7) is 3.07. The van der Waals surface area contributed by atoms with Crippen LogP contribution in [-0.2, 0) is 24.1 Å². The van der Waals surface area contributed by atoms with Crippen molar-refractivity contribution in [3.63, 3.8) is 0 Å². The molecule has 1 aliphatic carbocycles. The third-order valence-electron chi connectivity index (χ3n) is 11.4. The van der Waals surface area contributed by atoms with Crippen molar-refractivity contribution in [1.29, 1.82) is 0 Å². The van der Waals surface area contributed by atoms with Gasteiger partial charge in [-0.3, -0.25) is 14.6 Å². The number of likely N-dealkylation sites (tertiary alicyclic amines) is 1. The Morgan fingerprint density at radius 1 is 1.08 bits per heavy atom. The van der Waals surface area contributed by atoms with Crippen LogP contribution in [0.15, 0.2) is 54.7 Å². The fourth-order valence-electron chi connectivity index (χ4n) is 8.55. The number of alkyl halides is 1. The lowest BCUT2D eigenvalue weighted by Crippen LogP contribution is -2.51. The van der Waals surface area contributed by atoms with Gasteiger partial charge >= 0.3 is 0 Å². The van der Waals surface area contributed by atoms with Gasteiger partial charge in [-0.1, -0.05) is 18.9 Å². The number of aryl methyl sites for hydroxylation is 2. The number of pyridine rings is 2. The lowest BCUT2D eigenvalue weighted by molar-refractivity contribution is -0.135. The lowest BCUT2D eigenvalue weighted by Gasteiger charge is -2.37. The van der Waals surface area contributed by atoms with Crippen LogP contribution in [-0.4, -0.2) is 66.5 Å². The molecule has 2 aliphatic heterocycles. The second kappa shape index (κ2) is 13.0. The summed E-state index contributed by atoms with van der Waals surface area (Å²) in [5.74, 6) is 1.07. The number of nitrogens with two attached hydrogens (primary N) is 1. The predicted octanol–water partition coefficient (Wildman–Crippen LogP) is 5.95. The maximum absolute atomic E-state index is 16.5. The number of benzene rings is 1. The summed E-state index contributed by atoms with van der Waals surface area (Å²) in [7, 11) is 3.58. The monoisotopic (exact) mass is 692 g/mol. The molecule has 1 saturated heterocycles. The Balaban J connectivity index is 1.17. The summed E-state index contributed by atoms with van der Waals surface area (Å²) in [6, 6.07) is 14.3. The molecule has 5 atom stereocenters. The topological polar surface area (TPSA) is 133 Å². The first-order chi connectivity index (χ1) is 24.7. The molecule has 2 fully saturated rings. The molecule has 0 radical (unpaired) electrons. The Bertz CT molecular complexity index is 2130. The molecule has 2 amide bonds. The molecule has 0 spiro atoms. The zero-order chi connectivity index (χ0) is 35.4. The Hall–Kier alpha value is -4.84. The maximum atomic E-state index is 16.5. The molecular formula is C39H45FN8O3. The Morgan fingerprint density at radius 3 is 2.73 bits per heavy atom. The largest absolute Gasteiger partial charge is 0.494 e. The van der Waals surface area contributed by atoms with Crippen LogP contribution in [0.4, 0.5) is 4.39 Å². The molecule has 1 aromatic carbocycles. The van der Waals surface area contributed by atoms with Crippen molar-refractivity contribution in [3.05, 3.63) is 71.7 Å². The van der Waals surface area contributed by atoms with Gasteiger partial charge in [-0.05, 0) is 93.8 Å². The van der Waals surface area contributed by atoms with Gasteiger partial charge in [0.2, 0.25) is 5.67 Å². The summed E-state index contributed by atoms with van der Waals surface area (Å²) >= 11 is 0. The average molecular weight is 693 g/mol. The van der Waals surface area contributed by atoms with E-state index in [-0.39, 0.29) is 30.1 Å². The van der Waals surface area contributed by atoms with Crippen molar-refractivity contribution < 1.29 is 18.7 Å². The van der Waals surface area contributed by atoms with Gasteiger partial charge in [-0.15, -0.1) is 0 Å². The highest BCUT2D eigenvalue weighted by atomic mass is 19.1. The minimum Gasteiger partial charge on any atom is -0.494 e. The summed E-state index contributed by atoms with van der Waals surface area (Å²) in [5.41, 5.74) is 8.66. The van der Waals surface area contributed by atoms with Crippen molar-refractivity contribution in [2.75, 3.05) is 13.7 Å². The lowest BCUT2D eigenvalue weighted by atomic mass is 9.92. The van der Waals surface area contributed by atoms with Gasteiger partial charge in [-0.25, -0.2) is 14.4 Å². The van der Waals surface area contributed by atoms with E-state index in [9.17, 15) is 9.59 Å². The van der Waals surface area contributed by atoms with Crippen LogP contribution in [0.5, 0.6) is 5.75 Å². The summed E-state index contributed by atoms with van der Waals surface area (Å²) in [5, 5.41) is 3.83. The number of imidazole rings is 1. The summed E-state index contributed by atoms with van der Waals surface area (Å²) < 4.78 is 26.6. The fraction of sp³-hybridized carbons (Fsp3) is 0.462. The van der Waals surface area contributed by atoms with Crippen molar-refractivity contribution in [2.45, 2.75) is 88.6 Å². The van der Waals surface area contributed by atoms with E-state index in [1.54, 1.807) is 25.3 Å². The van der Waals surface area contributed by atoms with Gasteiger partial charge in [0.05, 0.1) is 35.8 Å². The number of methoxy groups -OCH3 is 1. The molecular weight excluding hydrogens is 647 g/mol. The molecule has 6 heterocycles. The van der Waals surface area contributed by atoms with E-state index >= 15 is 4.39 Å². The highest BCUT2D eigenvalue weighted by molar-refractivity contribution is 6.00. The predicted molar refractivity (Wildman–Crippen MR) is 193 cm³/mol. The van der Waals surface area contributed by atoms with E-state index in [4.69, 9.17) is 20.4 Å². The zero-order valence-corrected chi connectivity index (χ0v) is 29.4. The first-order valence-corrected chi connectivity index (χ1v) is 18.2. The van der Waals surface area contributed by atoms with E-state index in [0.29, 0.717) is 48.0 Å². The fourth-order valence-corrected chi connectivity index (χ4v) is 8.55. The summed E-state index contributed by atoms with van der Waals surface area (Å²) in [6.07, 6.45) is 7.58. The number of halogens is 1. The smallest absolute Gasteiger partial charge is 0.264 e. The second-order valence-electron chi connectivity index (χ2n) is 14.6. The number of ether oxygens (including phenoxy) is 1. The van der Waals surface area contributed by atoms with Crippen molar-refractivity contribution in [2.24, 2.45) is 18.7 Å². The SMILES string of the molecule is COc1cc(C(=O)N2C[C@H](N)[C@@H]3CC[C@H]2C3)cc2nc(-c3cc4ccc5nc4n3CCCCCC[C@@](F)(c3ccccn3)C(=O)N[C@@H]5C)n(C)c12. The van der Waals surface area contributed by atoms with E-state index in [2.05, 4.69) is 20.9 Å². The maximum Gasteiger partial charge on any atom is 0.264 e. The number of nitrogens with one attached hydrogen (secondary N) is 1. The Labute approximate surface area is 296 Å². The number of hydrogen-bond donors (Lipinski definition) is 2. The summed E-state index contributed by atoms with van der Waals surface area (Å²) in [4.78, 5) is 43.8. The van der Waals surface area contributed by atoms with Gasteiger partial charge in [0.15, 0.2) is 5.82 Å². The molecule has 12 heteroatoms. The van der Waals surface area contributed by atoms with E-state index in [0.717, 1.165) is 66.6 Å². The molecule has 11 nitrogen and oxygen atoms in total. The molecule has 0 unspecified atom stereocenters. The molecule has 5 aromatic rings. The molecule has 3 aliphatic rings.